The van der Waals surface area contributed by atoms with Crippen molar-refractivity contribution in [3.8, 4) is 0 Å². The second kappa shape index (κ2) is 4.65. The standard InChI is InChI=1S/C11H17ClN2/c1-8(2)5-9-6-10(12)13-11(7-9)14(3)4/h6-8H,5H2,1-4H3. The molecular weight excluding hydrogens is 196 g/mol. The SMILES string of the molecule is CC(C)Cc1cc(Cl)nc(N(C)C)c1. The van der Waals surface area contributed by atoms with E-state index in [0.29, 0.717) is 11.1 Å². The van der Waals surface area contributed by atoms with Crippen molar-refractivity contribution in [2.24, 2.45) is 5.92 Å². The molecule has 0 saturated carbocycles. The van der Waals surface area contributed by atoms with Crippen molar-refractivity contribution in [2.75, 3.05) is 19.0 Å². The van der Waals surface area contributed by atoms with E-state index in [1.165, 1.54) is 5.56 Å². The Hall–Kier alpha value is -0.760. The van der Waals surface area contributed by atoms with Gasteiger partial charge in [0, 0.05) is 14.1 Å². The first-order valence-corrected chi connectivity index (χ1v) is 5.20. The number of hydrogen-bond donors (Lipinski definition) is 0. The molecule has 0 aliphatic heterocycles. The van der Waals surface area contributed by atoms with Gasteiger partial charge in [-0.3, -0.25) is 0 Å². The Kier molecular flexibility index (Phi) is 3.76. The van der Waals surface area contributed by atoms with E-state index in [9.17, 15) is 0 Å². The van der Waals surface area contributed by atoms with Gasteiger partial charge in [0.15, 0.2) is 0 Å². The van der Waals surface area contributed by atoms with Gasteiger partial charge in [-0.15, -0.1) is 0 Å². The van der Waals surface area contributed by atoms with Gasteiger partial charge in [0.25, 0.3) is 0 Å². The molecule has 2 nitrogen and oxygen atoms in total. The second-order valence-corrected chi connectivity index (χ2v) is 4.54. The van der Waals surface area contributed by atoms with Crippen LogP contribution < -0.4 is 4.90 Å². The summed E-state index contributed by atoms with van der Waals surface area (Å²) in [6, 6.07) is 4.03. The average molecular weight is 213 g/mol. The fourth-order valence-corrected chi connectivity index (χ4v) is 1.58. The fourth-order valence-electron chi connectivity index (χ4n) is 1.35. The Labute approximate surface area is 90.9 Å². The van der Waals surface area contributed by atoms with Crippen molar-refractivity contribution in [3.05, 3.63) is 22.8 Å². The predicted octanol–water partition coefficient (Wildman–Crippen LogP) is 3.00. The van der Waals surface area contributed by atoms with E-state index in [-0.39, 0.29) is 0 Å². The lowest BCUT2D eigenvalue weighted by molar-refractivity contribution is 0.646. The number of pyridine rings is 1. The third-order valence-corrected chi connectivity index (χ3v) is 2.14. The highest BCUT2D eigenvalue weighted by Crippen LogP contribution is 2.18. The van der Waals surface area contributed by atoms with Crippen LogP contribution in [0.25, 0.3) is 0 Å². The van der Waals surface area contributed by atoms with Crippen LogP contribution in [0.2, 0.25) is 5.15 Å². The highest BCUT2D eigenvalue weighted by Gasteiger charge is 2.04. The average Bonchev–Trinajstić information content (AvgIpc) is 2.01. The molecule has 0 amide bonds. The first-order valence-electron chi connectivity index (χ1n) is 4.83. The molecule has 0 spiro atoms. The van der Waals surface area contributed by atoms with Crippen molar-refractivity contribution in [1.29, 1.82) is 0 Å². The lowest BCUT2D eigenvalue weighted by Gasteiger charge is -2.13. The van der Waals surface area contributed by atoms with Crippen molar-refractivity contribution in [2.45, 2.75) is 20.3 Å². The van der Waals surface area contributed by atoms with Gasteiger partial charge in [-0.2, -0.15) is 0 Å². The maximum absolute atomic E-state index is 5.94. The van der Waals surface area contributed by atoms with E-state index in [4.69, 9.17) is 11.6 Å². The zero-order valence-corrected chi connectivity index (χ0v) is 9.97. The molecule has 0 fully saturated rings. The summed E-state index contributed by atoms with van der Waals surface area (Å²) in [5.74, 6) is 1.57. The molecule has 14 heavy (non-hydrogen) atoms. The topological polar surface area (TPSA) is 16.1 Å². The Morgan fingerprint density at radius 2 is 2.00 bits per heavy atom. The molecule has 0 N–H and O–H groups in total. The van der Waals surface area contributed by atoms with E-state index in [2.05, 4.69) is 24.9 Å². The minimum absolute atomic E-state index is 0.576. The summed E-state index contributed by atoms with van der Waals surface area (Å²) in [6.45, 7) is 4.40. The molecule has 0 aromatic carbocycles. The number of nitrogens with zero attached hydrogens (tertiary/aromatic N) is 2. The van der Waals surface area contributed by atoms with Crippen LogP contribution in [0.4, 0.5) is 5.82 Å². The summed E-state index contributed by atoms with van der Waals surface area (Å²) in [5, 5.41) is 0.576. The highest BCUT2D eigenvalue weighted by molar-refractivity contribution is 6.29. The van der Waals surface area contributed by atoms with Crippen LogP contribution in [-0.4, -0.2) is 19.1 Å². The van der Waals surface area contributed by atoms with Crippen LogP contribution in [0.1, 0.15) is 19.4 Å². The normalized spacial score (nSPS) is 10.7. The van der Waals surface area contributed by atoms with Crippen LogP contribution in [-0.2, 0) is 6.42 Å². The van der Waals surface area contributed by atoms with Crippen molar-refractivity contribution >= 4 is 17.4 Å². The zero-order chi connectivity index (χ0) is 10.7. The Morgan fingerprint density at radius 3 is 2.50 bits per heavy atom. The second-order valence-electron chi connectivity index (χ2n) is 4.15. The number of anilines is 1. The number of halogens is 1. The molecule has 1 heterocycles. The quantitative estimate of drug-likeness (QED) is 0.717. The molecule has 0 atom stereocenters. The van der Waals surface area contributed by atoms with Gasteiger partial charge in [-0.05, 0) is 30.0 Å². The summed E-state index contributed by atoms with van der Waals surface area (Å²) < 4.78 is 0. The van der Waals surface area contributed by atoms with Gasteiger partial charge < -0.3 is 4.90 Å². The summed E-state index contributed by atoms with van der Waals surface area (Å²) in [5.41, 5.74) is 1.25. The van der Waals surface area contributed by atoms with Crippen molar-refractivity contribution < 1.29 is 0 Å². The lowest BCUT2D eigenvalue weighted by atomic mass is 10.0. The van der Waals surface area contributed by atoms with E-state index < -0.39 is 0 Å². The largest absolute Gasteiger partial charge is 0.363 e. The van der Waals surface area contributed by atoms with Gasteiger partial charge in [0.2, 0.25) is 0 Å². The molecular formula is C11H17ClN2. The maximum Gasteiger partial charge on any atom is 0.131 e. The summed E-state index contributed by atoms with van der Waals surface area (Å²) in [4.78, 5) is 6.20. The van der Waals surface area contributed by atoms with Crippen LogP contribution >= 0.6 is 11.6 Å². The summed E-state index contributed by atoms with van der Waals surface area (Å²) >= 11 is 5.94. The van der Waals surface area contributed by atoms with Gasteiger partial charge in [-0.25, -0.2) is 4.98 Å². The number of hydrogen-bond acceptors (Lipinski definition) is 2. The molecule has 0 aliphatic carbocycles. The minimum Gasteiger partial charge on any atom is -0.363 e. The fraction of sp³-hybridized carbons (Fsp3) is 0.545. The molecule has 0 unspecified atom stereocenters. The molecule has 3 heteroatoms. The molecule has 0 radical (unpaired) electrons. The third-order valence-electron chi connectivity index (χ3n) is 1.94. The van der Waals surface area contributed by atoms with E-state index >= 15 is 0 Å². The first-order chi connectivity index (χ1) is 6.49. The minimum atomic E-state index is 0.576. The van der Waals surface area contributed by atoms with E-state index in [1.807, 2.05) is 25.1 Å². The third kappa shape index (κ3) is 3.18. The zero-order valence-electron chi connectivity index (χ0n) is 9.21. The predicted molar refractivity (Wildman–Crippen MR) is 62.1 cm³/mol. The highest BCUT2D eigenvalue weighted by atomic mass is 35.5. The molecule has 1 rings (SSSR count). The Bertz CT molecular complexity index is 308. The van der Waals surface area contributed by atoms with Crippen LogP contribution in [0.15, 0.2) is 12.1 Å². The van der Waals surface area contributed by atoms with Gasteiger partial charge in [0.1, 0.15) is 11.0 Å². The first kappa shape index (κ1) is 11.3. The molecule has 78 valence electrons. The smallest absolute Gasteiger partial charge is 0.131 e. The van der Waals surface area contributed by atoms with Crippen molar-refractivity contribution in [1.82, 2.24) is 4.98 Å². The van der Waals surface area contributed by atoms with Crippen LogP contribution in [0.5, 0.6) is 0 Å². The van der Waals surface area contributed by atoms with E-state index in [0.717, 1.165) is 12.2 Å². The van der Waals surface area contributed by atoms with E-state index in [1.54, 1.807) is 0 Å². The molecule has 1 aromatic heterocycles. The number of rotatable bonds is 3. The lowest BCUT2D eigenvalue weighted by Crippen LogP contribution is -2.11. The summed E-state index contributed by atoms with van der Waals surface area (Å²) in [6.07, 6.45) is 1.04. The van der Waals surface area contributed by atoms with Crippen LogP contribution in [0, 0.1) is 5.92 Å². The van der Waals surface area contributed by atoms with Crippen LogP contribution in [0.3, 0.4) is 0 Å². The van der Waals surface area contributed by atoms with Gasteiger partial charge in [0.05, 0.1) is 0 Å². The molecule has 0 bridgehead atoms. The molecule has 0 saturated heterocycles. The molecule has 1 aromatic rings. The molecule has 0 aliphatic rings. The van der Waals surface area contributed by atoms with Gasteiger partial charge >= 0.3 is 0 Å². The van der Waals surface area contributed by atoms with Gasteiger partial charge in [-0.1, -0.05) is 25.4 Å². The van der Waals surface area contributed by atoms with Crippen molar-refractivity contribution in [3.63, 3.8) is 0 Å². The number of aromatic nitrogens is 1. The summed E-state index contributed by atoms with van der Waals surface area (Å²) in [7, 11) is 3.94. The monoisotopic (exact) mass is 212 g/mol. The Morgan fingerprint density at radius 1 is 1.36 bits per heavy atom. The Balaban J connectivity index is 2.95. The maximum atomic E-state index is 5.94.